The first-order chi connectivity index (χ1) is 12.2. The van der Waals surface area contributed by atoms with E-state index >= 15 is 0 Å². The van der Waals surface area contributed by atoms with Crippen molar-refractivity contribution in [3.63, 3.8) is 0 Å². The van der Waals surface area contributed by atoms with Crippen LogP contribution in [0.5, 0.6) is 0 Å². The van der Waals surface area contributed by atoms with Gasteiger partial charge in [-0.05, 0) is 55.9 Å². The summed E-state index contributed by atoms with van der Waals surface area (Å²) in [5.74, 6) is 0.571. The predicted molar refractivity (Wildman–Crippen MR) is 101 cm³/mol. The maximum atomic E-state index is 12.6. The van der Waals surface area contributed by atoms with Crippen LogP contribution >= 0.6 is 11.6 Å². The summed E-state index contributed by atoms with van der Waals surface area (Å²) in [6, 6.07) is 8.31. The Balaban J connectivity index is 1.39. The average molecular weight is 358 g/mol. The van der Waals surface area contributed by atoms with Gasteiger partial charge in [0.2, 0.25) is 5.91 Å². The van der Waals surface area contributed by atoms with Gasteiger partial charge in [-0.3, -0.25) is 9.78 Å². The molecule has 2 aromatic rings. The highest BCUT2D eigenvalue weighted by Crippen LogP contribution is 2.29. The van der Waals surface area contributed by atoms with E-state index in [1.807, 2.05) is 30.5 Å². The summed E-state index contributed by atoms with van der Waals surface area (Å²) in [6.45, 7) is 2.64. The number of nitrogens with zero attached hydrogens (tertiary/aromatic N) is 2. The topological polar surface area (TPSA) is 45.2 Å². The minimum absolute atomic E-state index is 0.199. The van der Waals surface area contributed by atoms with E-state index in [4.69, 9.17) is 11.6 Å². The van der Waals surface area contributed by atoms with E-state index in [0.29, 0.717) is 11.9 Å². The van der Waals surface area contributed by atoms with Crippen molar-refractivity contribution in [2.75, 3.05) is 13.1 Å². The van der Waals surface area contributed by atoms with Crippen molar-refractivity contribution in [1.82, 2.24) is 15.2 Å². The lowest BCUT2D eigenvalue weighted by atomic mass is 10.1. The Labute approximate surface area is 153 Å². The zero-order chi connectivity index (χ0) is 17.2. The third kappa shape index (κ3) is 3.65. The number of hydrogen-bond donors (Lipinski definition) is 1. The SMILES string of the molecule is O=C([C@@H]1CC[C@H](NCc2cc(Cl)cc3cccnc23)C1)N1CCCC1. The van der Waals surface area contributed by atoms with Gasteiger partial charge in [0.05, 0.1) is 5.52 Å². The Morgan fingerprint density at radius 2 is 2.12 bits per heavy atom. The molecular formula is C20H24ClN3O. The number of halogens is 1. The molecule has 2 heterocycles. The van der Waals surface area contributed by atoms with Gasteiger partial charge in [0.25, 0.3) is 0 Å². The number of fused-ring (bicyclic) bond motifs is 1. The van der Waals surface area contributed by atoms with Crippen molar-refractivity contribution < 1.29 is 4.79 Å². The van der Waals surface area contributed by atoms with Crippen LogP contribution in [0.15, 0.2) is 30.5 Å². The molecular weight excluding hydrogens is 334 g/mol. The van der Waals surface area contributed by atoms with Crippen LogP contribution < -0.4 is 5.32 Å². The minimum atomic E-state index is 0.199. The second kappa shape index (κ2) is 7.30. The Morgan fingerprint density at radius 3 is 2.96 bits per heavy atom. The molecule has 2 aliphatic rings. The van der Waals surface area contributed by atoms with Crippen LogP contribution in [0.3, 0.4) is 0 Å². The van der Waals surface area contributed by atoms with Crippen molar-refractivity contribution in [1.29, 1.82) is 0 Å². The summed E-state index contributed by atoms with van der Waals surface area (Å²) in [7, 11) is 0. The summed E-state index contributed by atoms with van der Waals surface area (Å²) >= 11 is 6.25. The first-order valence-electron chi connectivity index (χ1n) is 9.26. The second-order valence-electron chi connectivity index (χ2n) is 7.26. The first kappa shape index (κ1) is 16.8. The molecule has 2 atom stereocenters. The molecule has 0 spiro atoms. The molecule has 4 nitrogen and oxygen atoms in total. The highest BCUT2D eigenvalue weighted by Gasteiger charge is 2.33. The largest absolute Gasteiger partial charge is 0.342 e. The molecule has 1 saturated heterocycles. The molecule has 132 valence electrons. The first-order valence-corrected chi connectivity index (χ1v) is 9.64. The molecule has 1 N–H and O–H groups in total. The number of carbonyl (C=O) groups is 1. The van der Waals surface area contributed by atoms with E-state index in [2.05, 4.69) is 15.2 Å². The van der Waals surface area contributed by atoms with E-state index in [1.54, 1.807) is 0 Å². The van der Waals surface area contributed by atoms with Gasteiger partial charge in [-0.2, -0.15) is 0 Å². The third-order valence-electron chi connectivity index (χ3n) is 5.53. The van der Waals surface area contributed by atoms with Crippen molar-refractivity contribution in [3.05, 3.63) is 41.0 Å². The molecule has 1 saturated carbocycles. The zero-order valence-corrected chi connectivity index (χ0v) is 15.1. The van der Waals surface area contributed by atoms with Gasteiger partial charge >= 0.3 is 0 Å². The molecule has 0 bridgehead atoms. The molecule has 2 fully saturated rings. The van der Waals surface area contributed by atoms with Crippen LogP contribution in [0, 0.1) is 5.92 Å². The van der Waals surface area contributed by atoms with Gasteiger partial charge in [0.1, 0.15) is 0 Å². The number of nitrogens with one attached hydrogen (secondary N) is 1. The highest BCUT2D eigenvalue weighted by atomic mass is 35.5. The fourth-order valence-electron chi connectivity index (χ4n) is 4.20. The maximum absolute atomic E-state index is 12.6. The fourth-order valence-corrected chi connectivity index (χ4v) is 4.45. The van der Waals surface area contributed by atoms with E-state index in [9.17, 15) is 4.79 Å². The van der Waals surface area contributed by atoms with Crippen LogP contribution in [0.25, 0.3) is 10.9 Å². The number of likely N-dealkylation sites (tertiary alicyclic amines) is 1. The maximum Gasteiger partial charge on any atom is 0.225 e. The summed E-state index contributed by atoms with van der Waals surface area (Å²) in [4.78, 5) is 19.1. The number of aromatic nitrogens is 1. The van der Waals surface area contributed by atoms with Crippen LogP contribution in [0.1, 0.15) is 37.7 Å². The quantitative estimate of drug-likeness (QED) is 0.905. The molecule has 4 rings (SSSR count). The summed E-state index contributed by atoms with van der Waals surface area (Å²) in [5.41, 5.74) is 2.12. The van der Waals surface area contributed by atoms with E-state index in [-0.39, 0.29) is 5.92 Å². The van der Waals surface area contributed by atoms with E-state index < -0.39 is 0 Å². The molecule has 1 aromatic carbocycles. The van der Waals surface area contributed by atoms with Crippen molar-refractivity contribution in [2.24, 2.45) is 5.92 Å². The number of amides is 1. The summed E-state index contributed by atoms with van der Waals surface area (Å²) in [5, 5.41) is 5.43. The predicted octanol–water partition coefficient (Wildman–Crippen LogP) is 3.77. The molecule has 1 aromatic heterocycles. The fraction of sp³-hybridized carbons (Fsp3) is 0.500. The van der Waals surface area contributed by atoms with Crippen molar-refractivity contribution in [2.45, 2.75) is 44.7 Å². The van der Waals surface area contributed by atoms with Gasteiger partial charge in [0, 0.05) is 48.2 Å². The molecule has 25 heavy (non-hydrogen) atoms. The lowest BCUT2D eigenvalue weighted by molar-refractivity contribution is -0.134. The van der Waals surface area contributed by atoms with Crippen LogP contribution in [-0.2, 0) is 11.3 Å². The van der Waals surface area contributed by atoms with Gasteiger partial charge in [-0.15, -0.1) is 0 Å². The van der Waals surface area contributed by atoms with Gasteiger partial charge in [-0.1, -0.05) is 17.7 Å². The molecule has 0 radical (unpaired) electrons. The highest BCUT2D eigenvalue weighted by molar-refractivity contribution is 6.31. The number of carbonyl (C=O) groups excluding carboxylic acids is 1. The third-order valence-corrected chi connectivity index (χ3v) is 5.75. The summed E-state index contributed by atoms with van der Waals surface area (Å²) < 4.78 is 0. The Kier molecular flexibility index (Phi) is 4.91. The zero-order valence-electron chi connectivity index (χ0n) is 14.4. The van der Waals surface area contributed by atoms with Crippen LogP contribution in [0.2, 0.25) is 5.02 Å². The average Bonchev–Trinajstić information content (AvgIpc) is 3.31. The monoisotopic (exact) mass is 357 g/mol. The Hall–Kier alpha value is -1.65. The standard InChI is InChI=1S/C20H24ClN3O/c21-17-10-14-4-3-7-22-19(14)16(11-17)13-23-18-6-5-15(12-18)20(25)24-8-1-2-9-24/h3-4,7,10-11,15,18,23H,1-2,5-6,8-9,12-13H2/t15-,18+/m1/s1. The van der Waals surface area contributed by atoms with Gasteiger partial charge < -0.3 is 10.2 Å². The molecule has 0 unspecified atom stereocenters. The smallest absolute Gasteiger partial charge is 0.225 e. The number of pyridine rings is 1. The Bertz CT molecular complexity index is 773. The lowest BCUT2D eigenvalue weighted by Crippen LogP contribution is -2.34. The van der Waals surface area contributed by atoms with E-state index in [0.717, 1.165) is 73.2 Å². The number of benzene rings is 1. The number of hydrogen-bond acceptors (Lipinski definition) is 3. The van der Waals surface area contributed by atoms with Gasteiger partial charge in [0.15, 0.2) is 0 Å². The molecule has 5 heteroatoms. The Morgan fingerprint density at radius 1 is 1.28 bits per heavy atom. The molecule has 1 aliphatic carbocycles. The van der Waals surface area contributed by atoms with Gasteiger partial charge in [-0.25, -0.2) is 0 Å². The van der Waals surface area contributed by atoms with Crippen LogP contribution in [0.4, 0.5) is 0 Å². The van der Waals surface area contributed by atoms with Crippen molar-refractivity contribution >= 4 is 28.4 Å². The minimum Gasteiger partial charge on any atom is -0.342 e. The number of rotatable bonds is 4. The molecule has 1 aliphatic heterocycles. The summed E-state index contributed by atoms with van der Waals surface area (Å²) in [6.07, 6.45) is 7.16. The molecule has 1 amide bonds. The normalized spacial score (nSPS) is 23.5. The van der Waals surface area contributed by atoms with Crippen molar-refractivity contribution in [3.8, 4) is 0 Å². The van der Waals surface area contributed by atoms with E-state index in [1.165, 1.54) is 0 Å². The second-order valence-corrected chi connectivity index (χ2v) is 7.70. The lowest BCUT2D eigenvalue weighted by Gasteiger charge is -2.20. The van der Waals surface area contributed by atoms with Crippen LogP contribution in [-0.4, -0.2) is 34.9 Å².